The maximum Gasteiger partial charge on any atom is 0.000703 e. The van der Waals surface area contributed by atoms with E-state index in [1.165, 1.54) is 51.7 Å². The molecule has 0 bridgehead atoms. The van der Waals surface area contributed by atoms with E-state index < -0.39 is 0 Å². The lowest BCUT2D eigenvalue weighted by Crippen LogP contribution is -2.35. The minimum Gasteiger partial charge on any atom is -0.330 e. The van der Waals surface area contributed by atoms with Gasteiger partial charge in [-0.15, -0.1) is 0 Å². The second-order valence-electron chi connectivity index (χ2n) is 6.37. The van der Waals surface area contributed by atoms with E-state index in [4.69, 9.17) is 5.73 Å². The third kappa shape index (κ3) is 5.31. The van der Waals surface area contributed by atoms with Gasteiger partial charge in [0.25, 0.3) is 0 Å². The second-order valence-corrected chi connectivity index (χ2v) is 6.37. The van der Waals surface area contributed by atoms with E-state index in [1.54, 1.807) is 0 Å². The molecule has 2 N–H and O–H groups in total. The quantitative estimate of drug-likeness (QED) is 0.706. The molecule has 2 heteroatoms. The van der Waals surface area contributed by atoms with Crippen LogP contribution in [0.3, 0.4) is 0 Å². The van der Waals surface area contributed by atoms with Gasteiger partial charge in [-0.3, -0.25) is 0 Å². The highest BCUT2D eigenvalue weighted by Crippen LogP contribution is 2.22. The molecule has 1 atom stereocenters. The van der Waals surface area contributed by atoms with Crippen molar-refractivity contribution in [2.75, 3.05) is 26.2 Å². The van der Waals surface area contributed by atoms with Crippen LogP contribution < -0.4 is 5.73 Å². The standard InChI is InChI=1S/C14H30N2/c1-13-7-6-10-16(11-13)9-5-4-8-14(2,3)12-15/h13H,4-12,15H2,1-3H3. The van der Waals surface area contributed by atoms with Crippen molar-refractivity contribution >= 4 is 0 Å². The minimum absolute atomic E-state index is 0.342. The van der Waals surface area contributed by atoms with Crippen LogP contribution in [0.2, 0.25) is 0 Å². The maximum absolute atomic E-state index is 5.74. The molecule has 1 aliphatic heterocycles. The Labute approximate surface area is 102 Å². The van der Waals surface area contributed by atoms with Crippen LogP contribution in [0.5, 0.6) is 0 Å². The van der Waals surface area contributed by atoms with Gasteiger partial charge in [0, 0.05) is 6.54 Å². The molecule has 1 unspecified atom stereocenters. The van der Waals surface area contributed by atoms with Crippen molar-refractivity contribution in [1.82, 2.24) is 4.90 Å². The predicted molar refractivity (Wildman–Crippen MR) is 71.5 cm³/mol. The number of nitrogens with two attached hydrogens (primary N) is 1. The average Bonchev–Trinajstić information content (AvgIpc) is 2.25. The molecule has 0 aromatic carbocycles. The molecule has 1 saturated heterocycles. The van der Waals surface area contributed by atoms with E-state index in [0.29, 0.717) is 5.41 Å². The Kier molecular flexibility index (Phi) is 5.77. The Morgan fingerprint density at radius 1 is 1.31 bits per heavy atom. The molecule has 1 heterocycles. The van der Waals surface area contributed by atoms with E-state index in [2.05, 4.69) is 25.7 Å². The Morgan fingerprint density at radius 2 is 2.06 bits per heavy atom. The molecular weight excluding hydrogens is 196 g/mol. The van der Waals surface area contributed by atoms with Gasteiger partial charge in [-0.2, -0.15) is 0 Å². The van der Waals surface area contributed by atoms with Crippen molar-refractivity contribution in [3.63, 3.8) is 0 Å². The summed E-state index contributed by atoms with van der Waals surface area (Å²) in [7, 11) is 0. The first-order valence-corrected chi connectivity index (χ1v) is 6.96. The van der Waals surface area contributed by atoms with Crippen LogP contribution in [0, 0.1) is 11.3 Å². The number of nitrogens with zero attached hydrogens (tertiary/aromatic N) is 1. The molecule has 0 spiro atoms. The molecule has 0 amide bonds. The highest BCUT2D eigenvalue weighted by molar-refractivity contribution is 4.72. The Bertz CT molecular complexity index is 189. The van der Waals surface area contributed by atoms with Gasteiger partial charge in [-0.05, 0) is 56.7 Å². The lowest BCUT2D eigenvalue weighted by atomic mass is 9.87. The van der Waals surface area contributed by atoms with E-state index in [0.717, 1.165) is 12.5 Å². The summed E-state index contributed by atoms with van der Waals surface area (Å²) in [6.45, 7) is 11.7. The number of unbranched alkanes of at least 4 members (excludes halogenated alkanes) is 1. The molecule has 0 aromatic rings. The van der Waals surface area contributed by atoms with Crippen molar-refractivity contribution in [1.29, 1.82) is 0 Å². The topological polar surface area (TPSA) is 29.3 Å². The van der Waals surface area contributed by atoms with Crippen molar-refractivity contribution in [2.45, 2.75) is 52.9 Å². The summed E-state index contributed by atoms with van der Waals surface area (Å²) in [4.78, 5) is 2.64. The molecule has 0 saturated carbocycles. The first kappa shape index (κ1) is 14.0. The van der Waals surface area contributed by atoms with Crippen molar-refractivity contribution in [3.05, 3.63) is 0 Å². The van der Waals surface area contributed by atoms with Crippen LogP contribution in [0.1, 0.15) is 52.9 Å². The number of hydrogen-bond donors (Lipinski definition) is 1. The molecule has 96 valence electrons. The first-order valence-electron chi connectivity index (χ1n) is 6.96. The fourth-order valence-corrected chi connectivity index (χ4v) is 2.53. The van der Waals surface area contributed by atoms with Gasteiger partial charge in [0.05, 0.1) is 0 Å². The molecule has 16 heavy (non-hydrogen) atoms. The number of piperidine rings is 1. The summed E-state index contributed by atoms with van der Waals surface area (Å²) in [5, 5.41) is 0. The van der Waals surface area contributed by atoms with Gasteiger partial charge in [0.15, 0.2) is 0 Å². The molecule has 2 nitrogen and oxygen atoms in total. The summed E-state index contributed by atoms with van der Waals surface area (Å²) in [5.74, 6) is 0.911. The van der Waals surface area contributed by atoms with E-state index in [9.17, 15) is 0 Å². The number of likely N-dealkylation sites (tertiary alicyclic amines) is 1. The third-order valence-electron chi connectivity index (χ3n) is 3.87. The van der Waals surface area contributed by atoms with Crippen molar-refractivity contribution in [3.8, 4) is 0 Å². The van der Waals surface area contributed by atoms with Crippen LogP contribution in [0.4, 0.5) is 0 Å². The van der Waals surface area contributed by atoms with Crippen LogP contribution in [0.25, 0.3) is 0 Å². The molecule has 0 aromatic heterocycles. The summed E-state index contributed by atoms with van der Waals surface area (Å²) < 4.78 is 0. The van der Waals surface area contributed by atoms with Crippen LogP contribution in [-0.4, -0.2) is 31.1 Å². The van der Waals surface area contributed by atoms with E-state index >= 15 is 0 Å². The molecule has 1 rings (SSSR count). The summed E-state index contributed by atoms with van der Waals surface area (Å²) >= 11 is 0. The van der Waals surface area contributed by atoms with Crippen LogP contribution in [0.15, 0.2) is 0 Å². The summed E-state index contributed by atoms with van der Waals surface area (Å²) in [5.41, 5.74) is 6.08. The second kappa shape index (κ2) is 6.61. The summed E-state index contributed by atoms with van der Waals surface area (Å²) in [6.07, 6.45) is 6.77. The normalized spacial score (nSPS) is 23.6. The van der Waals surface area contributed by atoms with Gasteiger partial charge >= 0.3 is 0 Å². The lowest BCUT2D eigenvalue weighted by molar-refractivity contribution is 0.178. The fraction of sp³-hybridized carbons (Fsp3) is 1.00. The van der Waals surface area contributed by atoms with Crippen LogP contribution >= 0.6 is 0 Å². The van der Waals surface area contributed by atoms with E-state index in [1.807, 2.05) is 0 Å². The van der Waals surface area contributed by atoms with Gasteiger partial charge in [0.1, 0.15) is 0 Å². The highest BCUT2D eigenvalue weighted by Gasteiger charge is 2.17. The Balaban J connectivity index is 2.06. The van der Waals surface area contributed by atoms with Crippen molar-refractivity contribution in [2.24, 2.45) is 17.1 Å². The molecular formula is C14H30N2. The van der Waals surface area contributed by atoms with Crippen molar-refractivity contribution < 1.29 is 0 Å². The Morgan fingerprint density at radius 3 is 2.69 bits per heavy atom. The first-order chi connectivity index (χ1) is 7.53. The third-order valence-corrected chi connectivity index (χ3v) is 3.87. The van der Waals surface area contributed by atoms with Gasteiger partial charge in [0.2, 0.25) is 0 Å². The zero-order valence-corrected chi connectivity index (χ0v) is 11.5. The molecule has 1 aliphatic rings. The fourth-order valence-electron chi connectivity index (χ4n) is 2.53. The highest BCUT2D eigenvalue weighted by atomic mass is 15.1. The average molecular weight is 226 g/mol. The predicted octanol–water partition coefficient (Wildman–Crippen LogP) is 2.87. The molecule has 1 fully saturated rings. The largest absolute Gasteiger partial charge is 0.330 e. The molecule has 0 aliphatic carbocycles. The minimum atomic E-state index is 0.342. The van der Waals surface area contributed by atoms with Gasteiger partial charge < -0.3 is 10.6 Å². The SMILES string of the molecule is CC1CCCN(CCCCC(C)(C)CN)C1. The van der Waals surface area contributed by atoms with E-state index in [-0.39, 0.29) is 0 Å². The smallest absolute Gasteiger partial charge is 0.000703 e. The van der Waals surface area contributed by atoms with Crippen LogP contribution in [-0.2, 0) is 0 Å². The number of rotatable bonds is 6. The molecule has 0 radical (unpaired) electrons. The Hall–Kier alpha value is -0.0800. The zero-order chi connectivity index (χ0) is 12.0. The lowest BCUT2D eigenvalue weighted by Gasteiger charge is -2.31. The summed E-state index contributed by atoms with van der Waals surface area (Å²) in [6, 6.07) is 0. The maximum atomic E-state index is 5.74. The number of hydrogen-bond acceptors (Lipinski definition) is 2. The van der Waals surface area contributed by atoms with Gasteiger partial charge in [-0.25, -0.2) is 0 Å². The zero-order valence-electron chi connectivity index (χ0n) is 11.5. The monoisotopic (exact) mass is 226 g/mol. The van der Waals surface area contributed by atoms with Gasteiger partial charge in [-0.1, -0.05) is 27.2 Å².